The van der Waals surface area contributed by atoms with Crippen LogP contribution in [0.2, 0.25) is 0 Å². The first-order valence-electron chi connectivity index (χ1n) is 5.44. The van der Waals surface area contributed by atoms with Crippen molar-refractivity contribution in [1.29, 1.82) is 0 Å². The van der Waals surface area contributed by atoms with E-state index < -0.39 is 9.84 Å². The van der Waals surface area contributed by atoms with E-state index >= 15 is 0 Å². The predicted molar refractivity (Wildman–Crippen MR) is 64.3 cm³/mol. The molecule has 0 amide bonds. The number of hydrogen-bond donors (Lipinski definition) is 0. The maximum atomic E-state index is 11.3. The zero-order valence-corrected chi connectivity index (χ0v) is 10.4. The summed E-state index contributed by atoms with van der Waals surface area (Å²) in [6, 6.07) is 5.28. The highest BCUT2D eigenvalue weighted by atomic mass is 32.2. The number of hydrogen-bond acceptors (Lipinski definition) is 4. The molecule has 0 aromatic heterocycles. The van der Waals surface area contributed by atoms with Crippen molar-refractivity contribution in [2.75, 3.05) is 11.5 Å². The van der Waals surface area contributed by atoms with Crippen molar-refractivity contribution in [2.24, 2.45) is 0 Å². The molecule has 17 heavy (non-hydrogen) atoms. The highest BCUT2D eigenvalue weighted by Crippen LogP contribution is 2.26. The van der Waals surface area contributed by atoms with Crippen LogP contribution in [0.5, 0.6) is 5.75 Å². The lowest BCUT2D eigenvalue weighted by atomic mass is 10.1. The van der Waals surface area contributed by atoms with Gasteiger partial charge in [0.25, 0.3) is 0 Å². The van der Waals surface area contributed by atoms with Gasteiger partial charge in [-0.1, -0.05) is 12.1 Å². The average molecular weight is 254 g/mol. The third-order valence-corrected chi connectivity index (χ3v) is 4.58. The molecule has 0 bridgehead atoms. The molecule has 1 aliphatic rings. The van der Waals surface area contributed by atoms with Crippen LogP contribution in [0, 0.1) is 6.92 Å². The summed E-state index contributed by atoms with van der Waals surface area (Å²) in [5.74, 6) is 0.712. The van der Waals surface area contributed by atoms with Gasteiger partial charge >= 0.3 is 0 Å². The molecule has 0 spiro atoms. The summed E-state index contributed by atoms with van der Waals surface area (Å²) >= 11 is 0. The number of rotatable bonds is 3. The fraction of sp³-hybridized carbons (Fsp3) is 0.417. The molecule has 1 fully saturated rings. The minimum Gasteiger partial charge on any atom is -0.488 e. The Bertz CT molecular complexity index is 533. The van der Waals surface area contributed by atoms with Crippen molar-refractivity contribution < 1.29 is 17.9 Å². The van der Waals surface area contributed by atoms with E-state index in [-0.39, 0.29) is 17.6 Å². The third-order valence-electron chi connectivity index (χ3n) is 2.84. The van der Waals surface area contributed by atoms with E-state index in [9.17, 15) is 13.2 Å². The smallest absolute Gasteiger partial charge is 0.154 e. The Kier molecular flexibility index (Phi) is 3.19. The molecule has 0 N–H and O–H groups in total. The second-order valence-corrected chi connectivity index (χ2v) is 6.48. The van der Waals surface area contributed by atoms with Crippen LogP contribution in [0.3, 0.4) is 0 Å². The summed E-state index contributed by atoms with van der Waals surface area (Å²) < 4.78 is 28.3. The van der Waals surface area contributed by atoms with Crippen molar-refractivity contribution in [3.63, 3.8) is 0 Å². The minimum atomic E-state index is -2.96. The quantitative estimate of drug-likeness (QED) is 0.764. The highest BCUT2D eigenvalue weighted by Gasteiger charge is 2.30. The number of aldehydes is 1. The average Bonchev–Trinajstić information content (AvgIpc) is 2.61. The van der Waals surface area contributed by atoms with Gasteiger partial charge in [-0.3, -0.25) is 4.79 Å². The first kappa shape index (κ1) is 12.1. The summed E-state index contributed by atoms with van der Waals surface area (Å²) in [5.41, 5.74) is 1.31. The number of sulfone groups is 1. The van der Waals surface area contributed by atoms with Gasteiger partial charge in [-0.15, -0.1) is 0 Å². The van der Waals surface area contributed by atoms with E-state index in [0.29, 0.717) is 17.7 Å². The summed E-state index contributed by atoms with van der Waals surface area (Å²) in [6.07, 6.45) is 0.889. The SMILES string of the molecule is Cc1cccc(C=O)c1OC1CCS(=O)(=O)C1. The Balaban J connectivity index is 2.22. The van der Waals surface area contributed by atoms with Crippen LogP contribution in [-0.4, -0.2) is 32.3 Å². The number of benzene rings is 1. The van der Waals surface area contributed by atoms with E-state index in [2.05, 4.69) is 0 Å². The van der Waals surface area contributed by atoms with Crippen molar-refractivity contribution in [3.05, 3.63) is 29.3 Å². The first-order chi connectivity index (χ1) is 8.02. The fourth-order valence-electron chi connectivity index (χ4n) is 1.95. The van der Waals surface area contributed by atoms with Gasteiger partial charge in [0.2, 0.25) is 0 Å². The number of aryl methyl sites for hydroxylation is 1. The van der Waals surface area contributed by atoms with Crippen LogP contribution < -0.4 is 4.74 Å². The van der Waals surface area contributed by atoms with E-state index in [4.69, 9.17) is 4.74 Å². The van der Waals surface area contributed by atoms with Crippen LogP contribution in [0.25, 0.3) is 0 Å². The molecule has 1 heterocycles. The topological polar surface area (TPSA) is 60.4 Å². The van der Waals surface area contributed by atoms with E-state index in [1.165, 1.54) is 0 Å². The molecule has 0 aliphatic carbocycles. The first-order valence-corrected chi connectivity index (χ1v) is 7.26. The largest absolute Gasteiger partial charge is 0.488 e. The Morgan fingerprint density at radius 3 is 2.76 bits per heavy atom. The molecule has 1 aliphatic heterocycles. The van der Waals surface area contributed by atoms with Gasteiger partial charge in [0, 0.05) is 0 Å². The monoisotopic (exact) mass is 254 g/mol. The molecule has 0 saturated carbocycles. The second kappa shape index (κ2) is 4.49. The normalized spacial score (nSPS) is 22.3. The molecular weight excluding hydrogens is 240 g/mol. The number of carbonyl (C=O) groups is 1. The molecule has 5 heteroatoms. The van der Waals surface area contributed by atoms with Gasteiger partial charge in [0.05, 0.1) is 17.1 Å². The van der Waals surface area contributed by atoms with Crippen molar-refractivity contribution >= 4 is 16.1 Å². The Morgan fingerprint density at radius 2 is 2.18 bits per heavy atom. The zero-order chi connectivity index (χ0) is 12.5. The maximum absolute atomic E-state index is 11.3. The zero-order valence-electron chi connectivity index (χ0n) is 9.55. The third kappa shape index (κ3) is 2.66. The Labute approximate surface area is 101 Å². The van der Waals surface area contributed by atoms with Crippen molar-refractivity contribution in [2.45, 2.75) is 19.4 Å². The molecule has 1 unspecified atom stereocenters. The van der Waals surface area contributed by atoms with E-state index in [1.54, 1.807) is 12.1 Å². The van der Waals surface area contributed by atoms with Gasteiger partial charge in [0.1, 0.15) is 11.9 Å². The van der Waals surface area contributed by atoms with Crippen molar-refractivity contribution in [3.8, 4) is 5.75 Å². The lowest BCUT2D eigenvalue weighted by Crippen LogP contribution is -2.19. The van der Waals surface area contributed by atoms with Crippen LogP contribution in [0.15, 0.2) is 18.2 Å². The van der Waals surface area contributed by atoms with Crippen LogP contribution in [0.1, 0.15) is 22.3 Å². The van der Waals surface area contributed by atoms with Crippen LogP contribution in [0.4, 0.5) is 0 Å². The van der Waals surface area contributed by atoms with Crippen LogP contribution in [-0.2, 0) is 9.84 Å². The fourth-order valence-corrected chi connectivity index (χ4v) is 3.54. The summed E-state index contributed by atoms with van der Waals surface area (Å²) in [7, 11) is -2.96. The second-order valence-electron chi connectivity index (χ2n) is 4.25. The lowest BCUT2D eigenvalue weighted by Gasteiger charge is -2.15. The molecule has 1 aromatic carbocycles. The van der Waals surface area contributed by atoms with E-state index in [1.807, 2.05) is 13.0 Å². The standard InChI is InChI=1S/C12H14O4S/c1-9-3-2-4-10(7-13)12(9)16-11-5-6-17(14,15)8-11/h2-4,7,11H,5-6,8H2,1H3. The molecule has 1 saturated heterocycles. The van der Waals surface area contributed by atoms with Crippen molar-refractivity contribution in [1.82, 2.24) is 0 Å². The van der Waals surface area contributed by atoms with E-state index in [0.717, 1.165) is 11.8 Å². The van der Waals surface area contributed by atoms with Gasteiger partial charge in [-0.2, -0.15) is 0 Å². The molecule has 0 radical (unpaired) electrons. The maximum Gasteiger partial charge on any atom is 0.154 e. The van der Waals surface area contributed by atoms with Gasteiger partial charge in [-0.05, 0) is 25.0 Å². The summed E-state index contributed by atoms with van der Waals surface area (Å²) in [5, 5.41) is 0. The molecule has 4 nitrogen and oxygen atoms in total. The summed E-state index contributed by atoms with van der Waals surface area (Å²) in [6.45, 7) is 1.84. The molecule has 2 rings (SSSR count). The van der Waals surface area contributed by atoms with Gasteiger partial charge < -0.3 is 4.74 Å². The molecule has 92 valence electrons. The minimum absolute atomic E-state index is 0.0413. The Morgan fingerprint density at radius 1 is 1.41 bits per heavy atom. The Hall–Kier alpha value is -1.36. The molecule has 1 atom stereocenters. The van der Waals surface area contributed by atoms with Gasteiger partial charge in [0.15, 0.2) is 16.1 Å². The van der Waals surface area contributed by atoms with Gasteiger partial charge in [-0.25, -0.2) is 8.42 Å². The predicted octanol–water partition coefficient (Wildman–Crippen LogP) is 1.37. The van der Waals surface area contributed by atoms with Crippen LogP contribution >= 0.6 is 0 Å². The summed E-state index contributed by atoms with van der Waals surface area (Å²) in [4.78, 5) is 10.9. The molecular formula is C12H14O4S. The highest BCUT2D eigenvalue weighted by molar-refractivity contribution is 7.91. The number of carbonyl (C=O) groups excluding carboxylic acids is 1. The lowest BCUT2D eigenvalue weighted by molar-refractivity contribution is 0.111. The molecule has 1 aromatic rings. The number of para-hydroxylation sites is 1. The number of ether oxygens (including phenoxy) is 1.